The minimum atomic E-state index is -1.03. The number of carbonyl (C=O) groups is 1. The molecule has 5 nitrogen and oxygen atoms in total. The second kappa shape index (κ2) is 6.17. The summed E-state index contributed by atoms with van der Waals surface area (Å²) in [7, 11) is 0. The highest BCUT2D eigenvalue weighted by molar-refractivity contribution is 5.73. The summed E-state index contributed by atoms with van der Waals surface area (Å²) >= 11 is 0. The molecule has 2 unspecified atom stereocenters. The Hall–Kier alpha value is -1.12. The number of aliphatic carboxylic acids is 1. The van der Waals surface area contributed by atoms with Crippen molar-refractivity contribution in [1.29, 1.82) is 5.26 Å². The molecule has 1 heterocycles. The van der Waals surface area contributed by atoms with Gasteiger partial charge in [-0.05, 0) is 26.2 Å². The lowest BCUT2D eigenvalue weighted by molar-refractivity contribution is -0.141. The molecule has 1 saturated heterocycles. The minimum Gasteiger partial charge on any atom is -0.480 e. The molecule has 1 N–H and O–H groups in total. The summed E-state index contributed by atoms with van der Waals surface area (Å²) in [6.07, 6.45) is 0.692. The van der Waals surface area contributed by atoms with Gasteiger partial charge in [0.05, 0.1) is 19.3 Å². The molecule has 0 aromatic carbocycles. The second-order valence-electron chi connectivity index (χ2n) is 5.54. The van der Waals surface area contributed by atoms with Crippen LogP contribution in [-0.2, 0) is 9.53 Å². The van der Waals surface area contributed by atoms with Crippen LogP contribution in [0.2, 0.25) is 0 Å². The molecule has 1 aliphatic heterocycles. The topological polar surface area (TPSA) is 73.6 Å². The van der Waals surface area contributed by atoms with Crippen LogP contribution in [-0.4, -0.2) is 47.8 Å². The number of hydrogen-bond acceptors (Lipinski definition) is 4. The largest absolute Gasteiger partial charge is 0.480 e. The minimum absolute atomic E-state index is 0.103. The fourth-order valence-corrected chi connectivity index (χ4v) is 2.63. The normalized spacial score (nSPS) is 21.0. The fourth-order valence-electron chi connectivity index (χ4n) is 2.63. The Bertz CT molecular complexity index is 330. The van der Waals surface area contributed by atoms with Crippen molar-refractivity contribution in [1.82, 2.24) is 4.90 Å². The van der Waals surface area contributed by atoms with Crippen LogP contribution >= 0.6 is 0 Å². The van der Waals surface area contributed by atoms with E-state index in [0.717, 1.165) is 26.3 Å². The fraction of sp³-hybridized carbons (Fsp3) is 0.846. The molecule has 0 saturated carbocycles. The Morgan fingerprint density at radius 1 is 1.50 bits per heavy atom. The third kappa shape index (κ3) is 3.69. The molecule has 0 bridgehead atoms. The van der Waals surface area contributed by atoms with Crippen LogP contribution in [0.15, 0.2) is 0 Å². The van der Waals surface area contributed by atoms with Gasteiger partial charge < -0.3 is 9.84 Å². The SMILES string of the molecule is CC(CC(C)(C)N1CCOCC1)C(C#N)C(=O)O. The lowest BCUT2D eigenvalue weighted by Gasteiger charge is -2.42. The number of nitriles is 1. The Balaban J connectivity index is 2.63. The Kier molecular flexibility index (Phi) is 5.12. The molecule has 2 atom stereocenters. The Morgan fingerprint density at radius 3 is 2.50 bits per heavy atom. The van der Waals surface area contributed by atoms with Gasteiger partial charge in [0.2, 0.25) is 0 Å². The standard InChI is InChI=1S/C13H22N2O3/c1-10(11(9-14)12(16)17)8-13(2,3)15-4-6-18-7-5-15/h10-11H,4-8H2,1-3H3,(H,16,17). The lowest BCUT2D eigenvalue weighted by Crippen LogP contribution is -2.51. The summed E-state index contributed by atoms with van der Waals surface area (Å²) in [5.74, 6) is -2.11. The average molecular weight is 254 g/mol. The van der Waals surface area contributed by atoms with Gasteiger partial charge in [0, 0.05) is 18.6 Å². The van der Waals surface area contributed by atoms with Gasteiger partial charge in [-0.2, -0.15) is 5.26 Å². The van der Waals surface area contributed by atoms with Gasteiger partial charge in [-0.25, -0.2) is 0 Å². The number of ether oxygens (including phenoxy) is 1. The zero-order chi connectivity index (χ0) is 13.8. The van der Waals surface area contributed by atoms with Crippen LogP contribution in [0.1, 0.15) is 27.2 Å². The molecule has 1 aliphatic rings. The van der Waals surface area contributed by atoms with Gasteiger partial charge in [0.15, 0.2) is 0 Å². The van der Waals surface area contributed by atoms with E-state index >= 15 is 0 Å². The van der Waals surface area contributed by atoms with Crippen LogP contribution in [0, 0.1) is 23.2 Å². The maximum atomic E-state index is 11.0. The predicted octanol–water partition coefficient (Wildman–Crippen LogP) is 1.35. The number of carboxylic acid groups (broad SMARTS) is 1. The van der Waals surface area contributed by atoms with Crippen molar-refractivity contribution in [2.75, 3.05) is 26.3 Å². The number of rotatable bonds is 5. The molecular formula is C13H22N2O3. The highest BCUT2D eigenvalue weighted by atomic mass is 16.5. The molecule has 1 rings (SSSR count). The highest BCUT2D eigenvalue weighted by Gasteiger charge is 2.34. The van der Waals surface area contributed by atoms with Crippen molar-refractivity contribution in [2.24, 2.45) is 11.8 Å². The van der Waals surface area contributed by atoms with Gasteiger partial charge in [0.25, 0.3) is 0 Å². The van der Waals surface area contributed by atoms with Crippen molar-refractivity contribution in [3.05, 3.63) is 0 Å². The first-order valence-electron chi connectivity index (χ1n) is 6.33. The smallest absolute Gasteiger partial charge is 0.321 e. The molecule has 0 aliphatic carbocycles. The lowest BCUT2D eigenvalue weighted by atomic mass is 9.83. The highest BCUT2D eigenvalue weighted by Crippen LogP contribution is 2.28. The number of carboxylic acids is 1. The molecule has 5 heteroatoms. The summed E-state index contributed by atoms with van der Waals surface area (Å²) in [6, 6.07) is 1.88. The molecule has 0 spiro atoms. The number of nitrogens with zero attached hydrogens (tertiary/aromatic N) is 2. The predicted molar refractivity (Wildman–Crippen MR) is 67.0 cm³/mol. The van der Waals surface area contributed by atoms with Gasteiger partial charge in [-0.3, -0.25) is 9.69 Å². The summed E-state index contributed by atoms with van der Waals surface area (Å²) < 4.78 is 5.32. The average Bonchev–Trinajstić information content (AvgIpc) is 2.29. The van der Waals surface area contributed by atoms with E-state index in [9.17, 15) is 4.79 Å². The number of hydrogen-bond donors (Lipinski definition) is 1. The van der Waals surface area contributed by atoms with E-state index in [-0.39, 0.29) is 11.5 Å². The van der Waals surface area contributed by atoms with E-state index in [1.807, 2.05) is 13.0 Å². The molecule has 0 radical (unpaired) electrons. The van der Waals surface area contributed by atoms with Crippen LogP contribution < -0.4 is 0 Å². The maximum absolute atomic E-state index is 11.0. The first-order valence-corrected chi connectivity index (χ1v) is 6.33. The van der Waals surface area contributed by atoms with E-state index in [1.165, 1.54) is 0 Å². The third-order valence-corrected chi connectivity index (χ3v) is 3.66. The van der Waals surface area contributed by atoms with E-state index < -0.39 is 11.9 Å². The summed E-state index contributed by atoms with van der Waals surface area (Å²) in [6.45, 7) is 9.21. The molecule has 18 heavy (non-hydrogen) atoms. The van der Waals surface area contributed by atoms with Gasteiger partial charge in [-0.15, -0.1) is 0 Å². The van der Waals surface area contributed by atoms with E-state index in [2.05, 4.69) is 18.7 Å². The Labute approximate surface area is 108 Å². The molecule has 0 aromatic heterocycles. The van der Waals surface area contributed by atoms with Crippen molar-refractivity contribution < 1.29 is 14.6 Å². The van der Waals surface area contributed by atoms with E-state index in [4.69, 9.17) is 15.1 Å². The quantitative estimate of drug-likeness (QED) is 0.801. The van der Waals surface area contributed by atoms with Crippen molar-refractivity contribution in [3.63, 3.8) is 0 Å². The van der Waals surface area contributed by atoms with Crippen LogP contribution in [0.5, 0.6) is 0 Å². The molecule has 0 amide bonds. The van der Waals surface area contributed by atoms with Crippen molar-refractivity contribution >= 4 is 5.97 Å². The maximum Gasteiger partial charge on any atom is 0.321 e. The third-order valence-electron chi connectivity index (χ3n) is 3.66. The molecule has 1 fully saturated rings. The summed E-state index contributed by atoms with van der Waals surface area (Å²) in [5, 5.41) is 17.9. The first-order chi connectivity index (χ1) is 8.38. The zero-order valence-corrected chi connectivity index (χ0v) is 11.3. The monoisotopic (exact) mass is 254 g/mol. The molecule has 102 valence electrons. The second-order valence-corrected chi connectivity index (χ2v) is 5.54. The Morgan fingerprint density at radius 2 is 2.06 bits per heavy atom. The van der Waals surface area contributed by atoms with E-state index in [0.29, 0.717) is 6.42 Å². The summed E-state index contributed by atoms with van der Waals surface area (Å²) in [5.41, 5.74) is -0.103. The zero-order valence-electron chi connectivity index (χ0n) is 11.3. The summed E-state index contributed by atoms with van der Waals surface area (Å²) in [4.78, 5) is 13.3. The van der Waals surface area contributed by atoms with Crippen LogP contribution in [0.3, 0.4) is 0 Å². The molecular weight excluding hydrogens is 232 g/mol. The van der Waals surface area contributed by atoms with Crippen molar-refractivity contribution in [3.8, 4) is 6.07 Å². The van der Waals surface area contributed by atoms with Gasteiger partial charge in [0.1, 0.15) is 5.92 Å². The first kappa shape index (κ1) is 14.9. The number of morpholine rings is 1. The van der Waals surface area contributed by atoms with Crippen LogP contribution in [0.25, 0.3) is 0 Å². The molecule has 0 aromatic rings. The van der Waals surface area contributed by atoms with E-state index in [1.54, 1.807) is 0 Å². The van der Waals surface area contributed by atoms with Crippen LogP contribution in [0.4, 0.5) is 0 Å². The van der Waals surface area contributed by atoms with Gasteiger partial charge >= 0.3 is 5.97 Å². The van der Waals surface area contributed by atoms with Crippen molar-refractivity contribution in [2.45, 2.75) is 32.7 Å². The van der Waals surface area contributed by atoms with Gasteiger partial charge in [-0.1, -0.05) is 6.92 Å².